The number of carbonyl (C=O) groups excluding carboxylic acids is 2. The van der Waals surface area contributed by atoms with Gasteiger partial charge in [-0.15, -0.1) is 0 Å². The third kappa shape index (κ3) is 1.79. The first-order valence-electron chi connectivity index (χ1n) is 6.32. The van der Waals surface area contributed by atoms with Gasteiger partial charge in [-0.1, -0.05) is 0 Å². The van der Waals surface area contributed by atoms with E-state index in [-0.39, 0.29) is 17.7 Å². The van der Waals surface area contributed by atoms with Crippen molar-refractivity contribution in [2.24, 2.45) is 5.92 Å². The van der Waals surface area contributed by atoms with Gasteiger partial charge < -0.3 is 14.4 Å². The predicted octanol–water partition coefficient (Wildman–Crippen LogP) is 0.309. The molecule has 0 aliphatic carbocycles. The maximum atomic E-state index is 12.4. The Morgan fingerprint density at radius 3 is 2.94 bits per heavy atom. The average Bonchev–Trinajstić information content (AvgIpc) is 2.95. The molecule has 2 aliphatic rings. The summed E-state index contributed by atoms with van der Waals surface area (Å²) in [6.45, 7) is 2.83. The first-order chi connectivity index (χ1) is 8.65. The Kier molecular flexibility index (Phi) is 2.61. The van der Waals surface area contributed by atoms with Gasteiger partial charge in [-0.3, -0.25) is 9.59 Å². The van der Waals surface area contributed by atoms with Gasteiger partial charge >= 0.3 is 0 Å². The highest BCUT2D eigenvalue weighted by molar-refractivity contribution is 5.89. The third-order valence-electron chi connectivity index (χ3n) is 3.89. The smallest absolute Gasteiger partial charge is 0.228 e. The van der Waals surface area contributed by atoms with Gasteiger partial charge in [-0.25, -0.2) is 0 Å². The van der Waals surface area contributed by atoms with Gasteiger partial charge in [-0.05, 0) is 12.1 Å². The molecular formula is C13H17N3O2. The van der Waals surface area contributed by atoms with Crippen LogP contribution >= 0.6 is 0 Å². The van der Waals surface area contributed by atoms with E-state index >= 15 is 0 Å². The molecule has 5 nitrogen and oxygen atoms in total. The molecule has 1 unspecified atom stereocenters. The molecule has 5 heteroatoms. The highest BCUT2D eigenvalue weighted by Crippen LogP contribution is 2.21. The lowest BCUT2D eigenvalue weighted by Crippen LogP contribution is -2.41. The molecule has 0 aromatic carbocycles. The Hall–Kier alpha value is -1.78. The number of fused-ring (bicyclic) bond motifs is 1. The van der Waals surface area contributed by atoms with Crippen LogP contribution in [-0.2, 0) is 22.7 Å². The molecule has 0 bridgehead atoms. The largest absolute Gasteiger partial charge is 0.348 e. The van der Waals surface area contributed by atoms with Crippen LogP contribution in [0.3, 0.4) is 0 Å². The van der Waals surface area contributed by atoms with E-state index in [9.17, 15) is 9.59 Å². The molecule has 3 heterocycles. The van der Waals surface area contributed by atoms with E-state index in [2.05, 4.69) is 4.57 Å². The third-order valence-corrected chi connectivity index (χ3v) is 3.89. The van der Waals surface area contributed by atoms with Crippen LogP contribution in [0.15, 0.2) is 18.3 Å². The summed E-state index contributed by atoms with van der Waals surface area (Å²) in [5, 5.41) is 0. The number of likely N-dealkylation sites (tertiary alicyclic amines) is 1. The number of aromatic nitrogens is 1. The summed E-state index contributed by atoms with van der Waals surface area (Å²) < 4.78 is 2.18. The standard InChI is InChI=1S/C13H17N3O2/c1-14-8-10(7-12(14)17)13(18)16-6-5-15-4-2-3-11(15)9-16/h2-4,10H,5-9H2,1H3. The molecule has 0 radical (unpaired) electrons. The van der Waals surface area contributed by atoms with E-state index in [1.54, 1.807) is 11.9 Å². The minimum absolute atomic E-state index is 0.0775. The van der Waals surface area contributed by atoms with Crippen molar-refractivity contribution in [2.75, 3.05) is 20.1 Å². The zero-order chi connectivity index (χ0) is 12.7. The van der Waals surface area contributed by atoms with Crippen LogP contribution < -0.4 is 0 Å². The molecule has 96 valence electrons. The van der Waals surface area contributed by atoms with E-state index < -0.39 is 0 Å². The van der Waals surface area contributed by atoms with Crippen molar-refractivity contribution in [3.05, 3.63) is 24.0 Å². The molecule has 2 aliphatic heterocycles. The molecule has 18 heavy (non-hydrogen) atoms. The minimum Gasteiger partial charge on any atom is -0.348 e. The van der Waals surface area contributed by atoms with Crippen molar-refractivity contribution in [2.45, 2.75) is 19.5 Å². The van der Waals surface area contributed by atoms with Crippen molar-refractivity contribution in [1.29, 1.82) is 0 Å². The molecular weight excluding hydrogens is 230 g/mol. The monoisotopic (exact) mass is 247 g/mol. The van der Waals surface area contributed by atoms with Gasteiger partial charge in [0.15, 0.2) is 0 Å². The molecule has 2 amide bonds. The van der Waals surface area contributed by atoms with Crippen LogP contribution in [0.25, 0.3) is 0 Å². The van der Waals surface area contributed by atoms with Crippen LogP contribution in [0.2, 0.25) is 0 Å². The molecule has 1 fully saturated rings. The van der Waals surface area contributed by atoms with Crippen molar-refractivity contribution >= 4 is 11.8 Å². The molecule has 3 rings (SSSR count). The Balaban J connectivity index is 1.70. The molecule has 1 atom stereocenters. The van der Waals surface area contributed by atoms with Crippen LogP contribution in [-0.4, -0.2) is 46.3 Å². The van der Waals surface area contributed by atoms with E-state index in [0.717, 1.165) is 13.1 Å². The van der Waals surface area contributed by atoms with Gasteiger partial charge in [0.1, 0.15) is 0 Å². The summed E-state index contributed by atoms with van der Waals surface area (Å²) in [6.07, 6.45) is 2.41. The van der Waals surface area contributed by atoms with Crippen molar-refractivity contribution in [3.8, 4) is 0 Å². The number of hydrogen-bond acceptors (Lipinski definition) is 2. The summed E-state index contributed by atoms with van der Waals surface area (Å²) in [7, 11) is 1.76. The number of hydrogen-bond donors (Lipinski definition) is 0. The van der Waals surface area contributed by atoms with Gasteiger partial charge in [0.25, 0.3) is 0 Å². The van der Waals surface area contributed by atoms with Crippen LogP contribution in [0.4, 0.5) is 0 Å². The van der Waals surface area contributed by atoms with Crippen molar-refractivity contribution in [3.63, 3.8) is 0 Å². The second kappa shape index (κ2) is 4.15. The summed E-state index contributed by atoms with van der Waals surface area (Å²) in [4.78, 5) is 27.4. The first-order valence-corrected chi connectivity index (χ1v) is 6.32. The van der Waals surface area contributed by atoms with Crippen molar-refractivity contribution < 1.29 is 9.59 Å². The lowest BCUT2D eigenvalue weighted by Gasteiger charge is -2.30. The van der Waals surface area contributed by atoms with E-state index in [0.29, 0.717) is 19.5 Å². The summed E-state index contributed by atoms with van der Waals surface area (Å²) in [5.41, 5.74) is 1.17. The van der Waals surface area contributed by atoms with E-state index in [1.165, 1.54) is 5.69 Å². The Labute approximate surface area is 106 Å². The maximum absolute atomic E-state index is 12.4. The molecule has 0 N–H and O–H groups in total. The van der Waals surface area contributed by atoms with Gasteiger partial charge in [0.05, 0.1) is 12.5 Å². The van der Waals surface area contributed by atoms with Crippen LogP contribution in [0, 0.1) is 5.92 Å². The molecule has 0 spiro atoms. The van der Waals surface area contributed by atoms with Gasteiger partial charge in [0, 0.05) is 45.0 Å². The van der Waals surface area contributed by atoms with Crippen molar-refractivity contribution in [1.82, 2.24) is 14.4 Å². The SMILES string of the molecule is CN1CC(C(=O)N2CCn3cccc3C2)CC1=O. The lowest BCUT2D eigenvalue weighted by molar-refractivity contribution is -0.137. The first kappa shape index (κ1) is 11.3. The Morgan fingerprint density at radius 2 is 2.22 bits per heavy atom. The maximum Gasteiger partial charge on any atom is 0.228 e. The normalized spacial score (nSPS) is 23.4. The van der Waals surface area contributed by atoms with Gasteiger partial charge in [-0.2, -0.15) is 0 Å². The fourth-order valence-corrected chi connectivity index (χ4v) is 2.79. The number of nitrogens with zero attached hydrogens (tertiary/aromatic N) is 3. The lowest BCUT2D eigenvalue weighted by atomic mass is 10.1. The fraction of sp³-hybridized carbons (Fsp3) is 0.538. The number of amides is 2. The second-order valence-corrected chi connectivity index (χ2v) is 5.13. The Bertz CT molecular complexity index is 494. The van der Waals surface area contributed by atoms with Crippen LogP contribution in [0.1, 0.15) is 12.1 Å². The summed E-state index contributed by atoms with van der Waals surface area (Å²) >= 11 is 0. The highest BCUT2D eigenvalue weighted by atomic mass is 16.2. The fourth-order valence-electron chi connectivity index (χ4n) is 2.79. The highest BCUT2D eigenvalue weighted by Gasteiger charge is 2.35. The van der Waals surface area contributed by atoms with E-state index in [1.807, 2.05) is 23.2 Å². The minimum atomic E-state index is -0.149. The van der Waals surface area contributed by atoms with Gasteiger partial charge in [0.2, 0.25) is 11.8 Å². The summed E-state index contributed by atoms with van der Waals surface area (Å²) in [6, 6.07) is 4.06. The summed E-state index contributed by atoms with van der Waals surface area (Å²) in [5.74, 6) is 0.0536. The predicted molar refractivity (Wildman–Crippen MR) is 65.6 cm³/mol. The molecule has 1 aromatic rings. The molecule has 0 saturated carbocycles. The number of rotatable bonds is 1. The number of carbonyl (C=O) groups is 2. The zero-order valence-electron chi connectivity index (χ0n) is 10.5. The molecule has 1 aromatic heterocycles. The van der Waals surface area contributed by atoms with E-state index in [4.69, 9.17) is 0 Å². The topological polar surface area (TPSA) is 45.6 Å². The van der Waals surface area contributed by atoms with Crippen LogP contribution in [0.5, 0.6) is 0 Å². The Morgan fingerprint density at radius 1 is 1.39 bits per heavy atom. The average molecular weight is 247 g/mol. The quantitative estimate of drug-likeness (QED) is 0.717. The second-order valence-electron chi connectivity index (χ2n) is 5.13. The zero-order valence-corrected chi connectivity index (χ0v) is 10.5. The molecule has 1 saturated heterocycles.